The van der Waals surface area contributed by atoms with Gasteiger partial charge in [-0.25, -0.2) is 14.2 Å². The highest BCUT2D eigenvalue weighted by molar-refractivity contribution is 6.06. The third kappa shape index (κ3) is 2.80. The van der Waals surface area contributed by atoms with E-state index in [2.05, 4.69) is 10.3 Å². The summed E-state index contributed by atoms with van der Waals surface area (Å²) in [6.45, 7) is 1.72. The minimum Gasteiger partial charge on any atom is -0.478 e. The van der Waals surface area contributed by atoms with Crippen molar-refractivity contribution in [3.8, 4) is 0 Å². The molecule has 1 heterocycles. The quantitative estimate of drug-likeness (QED) is 0.901. The Labute approximate surface area is 114 Å². The highest BCUT2D eigenvalue weighted by atomic mass is 19.1. The first-order valence-corrected chi connectivity index (χ1v) is 5.76. The van der Waals surface area contributed by atoms with Crippen LogP contribution in [-0.4, -0.2) is 22.0 Å². The van der Waals surface area contributed by atoms with Crippen LogP contribution in [0.2, 0.25) is 0 Å². The van der Waals surface area contributed by atoms with Crippen LogP contribution >= 0.6 is 0 Å². The SMILES string of the molecule is Cc1cccc(C(=O)Nc2cccc(F)c2C(=O)O)n1. The molecule has 5 nitrogen and oxygen atoms in total. The predicted octanol–water partition coefficient (Wildman–Crippen LogP) is 2.48. The lowest BCUT2D eigenvalue weighted by atomic mass is 10.1. The maximum atomic E-state index is 13.5. The van der Waals surface area contributed by atoms with Crippen molar-refractivity contribution in [1.82, 2.24) is 4.98 Å². The molecular weight excluding hydrogens is 263 g/mol. The number of nitrogens with zero attached hydrogens (tertiary/aromatic N) is 1. The summed E-state index contributed by atoms with van der Waals surface area (Å²) in [4.78, 5) is 27.0. The molecule has 0 bridgehead atoms. The lowest BCUT2D eigenvalue weighted by molar-refractivity contribution is 0.0693. The zero-order chi connectivity index (χ0) is 14.7. The molecule has 2 rings (SSSR count). The molecule has 102 valence electrons. The number of aromatic carboxylic acids is 1. The number of hydrogen-bond donors (Lipinski definition) is 2. The summed E-state index contributed by atoms with van der Waals surface area (Å²) in [5.74, 6) is -2.95. The van der Waals surface area contributed by atoms with E-state index < -0.39 is 23.3 Å². The standard InChI is InChI=1S/C14H11FN2O3/c1-8-4-2-7-11(16-8)13(18)17-10-6-3-5-9(15)12(10)14(19)20/h2-7H,1H3,(H,17,18)(H,19,20). The van der Waals surface area contributed by atoms with Crippen LogP contribution in [0.4, 0.5) is 10.1 Å². The minimum absolute atomic E-state index is 0.106. The molecule has 1 aromatic carbocycles. The van der Waals surface area contributed by atoms with Crippen LogP contribution in [0.15, 0.2) is 36.4 Å². The Bertz CT molecular complexity index is 686. The Balaban J connectivity index is 2.33. The van der Waals surface area contributed by atoms with E-state index in [1.165, 1.54) is 18.2 Å². The van der Waals surface area contributed by atoms with E-state index in [4.69, 9.17) is 5.11 Å². The lowest BCUT2D eigenvalue weighted by Gasteiger charge is -2.09. The number of aromatic nitrogens is 1. The minimum atomic E-state index is -1.45. The second-order valence-corrected chi connectivity index (χ2v) is 4.09. The fourth-order valence-corrected chi connectivity index (χ4v) is 1.70. The van der Waals surface area contributed by atoms with Crippen LogP contribution in [0.5, 0.6) is 0 Å². The second-order valence-electron chi connectivity index (χ2n) is 4.09. The average molecular weight is 274 g/mol. The number of carboxylic acids is 1. The Morgan fingerprint density at radius 2 is 1.90 bits per heavy atom. The van der Waals surface area contributed by atoms with Gasteiger partial charge in [0.2, 0.25) is 0 Å². The monoisotopic (exact) mass is 274 g/mol. The summed E-state index contributed by atoms with van der Waals surface area (Å²) < 4.78 is 13.5. The van der Waals surface area contributed by atoms with Crippen molar-refractivity contribution in [2.75, 3.05) is 5.32 Å². The van der Waals surface area contributed by atoms with Gasteiger partial charge in [0, 0.05) is 5.69 Å². The van der Waals surface area contributed by atoms with Crippen molar-refractivity contribution in [2.45, 2.75) is 6.92 Å². The van der Waals surface area contributed by atoms with Crippen LogP contribution in [0.25, 0.3) is 0 Å². The first kappa shape index (κ1) is 13.7. The molecule has 0 atom stereocenters. The van der Waals surface area contributed by atoms with Gasteiger partial charge in [-0.15, -0.1) is 0 Å². The molecule has 6 heteroatoms. The van der Waals surface area contributed by atoms with Crippen LogP contribution in [0, 0.1) is 12.7 Å². The summed E-state index contributed by atoms with van der Waals surface area (Å²) in [6.07, 6.45) is 0. The fourth-order valence-electron chi connectivity index (χ4n) is 1.70. The van der Waals surface area contributed by atoms with E-state index in [0.717, 1.165) is 6.07 Å². The van der Waals surface area contributed by atoms with Gasteiger partial charge >= 0.3 is 5.97 Å². The van der Waals surface area contributed by atoms with Gasteiger partial charge in [-0.05, 0) is 31.2 Å². The number of pyridine rings is 1. The van der Waals surface area contributed by atoms with Gasteiger partial charge in [-0.3, -0.25) is 4.79 Å². The van der Waals surface area contributed by atoms with Gasteiger partial charge in [0.15, 0.2) is 0 Å². The molecule has 0 aliphatic rings. The molecule has 2 aromatic rings. The van der Waals surface area contributed by atoms with Gasteiger partial charge in [0.1, 0.15) is 17.1 Å². The van der Waals surface area contributed by atoms with E-state index in [0.29, 0.717) is 5.69 Å². The molecule has 0 aliphatic carbocycles. The summed E-state index contributed by atoms with van der Waals surface area (Å²) in [5.41, 5.74) is 0.0975. The van der Waals surface area contributed by atoms with Crippen molar-refractivity contribution < 1.29 is 19.1 Å². The molecular formula is C14H11FN2O3. The third-order valence-electron chi connectivity index (χ3n) is 2.60. The zero-order valence-electron chi connectivity index (χ0n) is 10.6. The van der Waals surface area contributed by atoms with Crippen molar-refractivity contribution in [1.29, 1.82) is 0 Å². The van der Waals surface area contributed by atoms with Crippen LogP contribution in [0.1, 0.15) is 26.5 Å². The first-order chi connectivity index (χ1) is 9.49. The highest BCUT2D eigenvalue weighted by Gasteiger charge is 2.18. The van der Waals surface area contributed by atoms with Crippen molar-refractivity contribution in [3.63, 3.8) is 0 Å². The number of benzene rings is 1. The van der Waals surface area contributed by atoms with Crippen molar-refractivity contribution >= 4 is 17.6 Å². The Hall–Kier alpha value is -2.76. The van der Waals surface area contributed by atoms with Gasteiger partial charge in [0.05, 0.1) is 5.69 Å². The van der Waals surface area contributed by atoms with Gasteiger partial charge in [-0.2, -0.15) is 0 Å². The Morgan fingerprint density at radius 3 is 2.55 bits per heavy atom. The molecule has 1 aromatic heterocycles. The Kier molecular flexibility index (Phi) is 3.74. The third-order valence-corrected chi connectivity index (χ3v) is 2.60. The molecule has 20 heavy (non-hydrogen) atoms. The maximum Gasteiger partial charge on any atom is 0.340 e. The molecule has 0 aliphatic heterocycles. The topological polar surface area (TPSA) is 79.3 Å². The number of carbonyl (C=O) groups is 2. The molecule has 2 N–H and O–H groups in total. The molecule has 0 saturated carbocycles. The predicted molar refractivity (Wildman–Crippen MR) is 70.3 cm³/mol. The largest absolute Gasteiger partial charge is 0.478 e. The number of amides is 1. The number of anilines is 1. The molecule has 0 fully saturated rings. The number of aryl methyl sites for hydroxylation is 1. The normalized spacial score (nSPS) is 10.1. The second kappa shape index (κ2) is 5.48. The first-order valence-electron chi connectivity index (χ1n) is 5.76. The lowest BCUT2D eigenvalue weighted by Crippen LogP contribution is -2.17. The fraction of sp³-hybridized carbons (Fsp3) is 0.0714. The number of halogens is 1. The van der Waals surface area contributed by atoms with Crippen molar-refractivity contribution in [3.05, 3.63) is 59.2 Å². The van der Waals surface area contributed by atoms with Crippen LogP contribution in [-0.2, 0) is 0 Å². The highest BCUT2D eigenvalue weighted by Crippen LogP contribution is 2.19. The molecule has 0 radical (unpaired) electrons. The van der Waals surface area contributed by atoms with Crippen LogP contribution < -0.4 is 5.32 Å². The molecule has 0 saturated heterocycles. The number of carboxylic acid groups (broad SMARTS) is 1. The molecule has 0 spiro atoms. The zero-order valence-corrected chi connectivity index (χ0v) is 10.6. The average Bonchev–Trinajstić information content (AvgIpc) is 2.38. The summed E-state index contributed by atoms with van der Waals surface area (Å²) in [6, 6.07) is 8.52. The van der Waals surface area contributed by atoms with E-state index in [9.17, 15) is 14.0 Å². The number of carbonyl (C=O) groups excluding carboxylic acids is 1. The summed E-state index contributed by atoms with van der Waals surface area (Å²) in [5, 5.41) is 11.3. The number of hydrogen-bond acceptors (Lipinski definition) is 3. The van der Waals surface area contributed by atoms with Gasteiger partial charge < -0.3 is 10.4 Å². The van der Waals surface area contributed by atoms with Gasteiger partial charge in [-0.1, -0.05) is 12.1 Å². The van der Waals surface area contributed by atoms with E-state index in [-0.39, 0.29) is 11.4 Å². The summed E-state index contributed by atoms with van der Waals surface area (Å²) in [7, 11) is 0. The number of nitrogens with one attached hydrogen (secondary N) is 1. The van der Waals surface area contributed by atoms with E-state index >= 15 is 0 Å². The van der Waals surface area contributed by atoms with Crippen LogP contribution in [0.3, 0.4) is 0 Å². The summed E-state index contributed by atoms with van der Waals surface area (Å²) >= 11 is 0. The number of rotatable bonds is 3. The van der Waals surface area contributed by atoms with E-state index in [1.807, 2.05) is 0 Å². The smallest absolute Gasteiger partial charge is 0.340 e. The van der Waals surface area contributed by atoms with Gasteiger partial charge in [0.25, 0.3) is 5.91 Å². The molecule has 0 unspecified atom stereocenters. The Morgan fingerprint density at radius 1 is 1.20 bits per heavy atom. The maximum absolute atomic E-state index is 13.5. The van der Waals surface area contributed by atoms with E-state index in [1.54, 1.807) is 19.1 Å². The molecule has 1 amide bonds. The van der Waals surface area contributed by atoms with Crippen molar-refractivity contribution in [2.24, 2.45) is 0 Å².